The van der Waals surface area contributed by atoms with E-state index in [0.29, 0.717) is 12.6 Å². The molecule has 0 spiro atoms. The maximum Gasteiger partial charge on any atom is 0.217 e. The van der Waals surface area contributed by atoms with Gasteiger partial charge in [0.1, 0.15) is 0 Å². The van der Waals surface area contributed by atoms with Crippen molar-refractivity contribution >= 4 is 28.5 Å². The SMILES string of the molecule is CC(=O)NCc1ccc(C2=NNC(=NC3CCCCC3)SC2)cc1. The van der Waals surface area contributed by atoms with Gasteiger partial charge in [-0.1, -0.05) is 55.3 Å². The van der Waals surface area contributed by atoms with Gasteiger partial charge in [0.05, 0.1) is 11.8 Å². The van der Waals surface area contributed by atoms with Gasteiger partial charge < -0.3 is 5.32 Å². The van der Waals surface area contributed by atoms with Crippen molar-refractivity contribution < 1.29 is 4.79 Å². The number of nitrogens with zero attached hydrogens (tertiary/aromatic N) is 2. The fourth-order valence-electron chi connectivity index (χ4n) is 2.95. The maximum absolute atomic E-state index is 11.0. The number of carbonyl (C=O) groups is 1. The zero-order valence-corrected chi connectivity index (χ0v) is 14.9. The second-order valence-corrected chi connectivity index (χ2v) is 7.26. The van der Waals surface area contributed by atoms with E-state index in [0.717, 1.165) is 27.8 Å². The van der Waals surface area contributed by atoms with Crippen LogP contribution in [0.5, 0.6) is 0 Å². The molecule has 1 aliphatic carbocycles. The van der Waals surface area contributed by atoms with Crippen LogP contribution in [0.1, 0.15) is 50.2 Å². The van der Waals surface area contributed by atoms with Crippen LogP contribution in [0, 0.1) is 0 Å². The van der Waals surface area contributed by atoms with Crippen LogP contribution < -0.4 is 10.7 Å². The molecule has 0 atom stereocenters. The summed E-state index contributed by atoms with van der Waals surface area (Å²) in [7, 11) is 0. The summed E-state index contributed by atoms with van der Waals surface area (Å²) in [6.07, 6.45) is 6.36. The Balaban J connectivity index is 1.58. The highest BCUT2D eigenvalue weighted by Crippen LogP contribution is 2.22. The van der Waals surface area contributed by atoms with Gasteiger partial charge in [-0.2, -0.15) is 5.10 Å². The second kappa shape index (κ2) is 8.33. The summed E-state index contributed by atoms with van der Waals surface area (Å²) in [5.74, 6) is 0.824. The highest BCUT2D eigenvalue weighted by Gasteiger charge is 2.17. The van der Waals surface area contributed by atoms with Gasteiger partial charge in [-0.3, -0.25) is 15.2 Å². The highest BCUT2D eigenvalue weighted by atomic mass is 32.2. The van der Waals surface area contributed by atoms with E-state index in [2.05, 4.69) is 28.0 Å². The molecule has 128 valence electrons. The first-order valence-electron chi connectivity index (χ1n) is 8.57. The zero-order chi connectivity index (χ0) is 16.8. The van der Waals surface area contributed by atoms with Crippen molar-refractivity contribution in [2.45, 2.75) is 51.6 Å². The summed E-state index contributed by atoms with van der Waals surface area (Å²) >= 11 is 1.73. The van der Waals surface area contributed by atoms with Crippen molar-refractivity contribution in [3.8, 4) is 0 Å². The lowest BCUT2D eigenvalue weighted by atomic mass is 9.96. The number of thioether (sulfide) groups is 1. The number of carbonyl (C=O) groups excluding carboxylic acids is 1. The van der Waals surface area contributed by atoms with Crippen molar-refractivity contribution in [1.82, 2.24) is 10.7 Å². The lowest BCUT2D eigenvalue weighted by Crippen LogP contribution is -2.27. The molecule has 0 saturated heterocycles. The third-order valence-corrected chi connectivity index (χ3v) is 5.22. The quantitative estimate of drug-likeness (QED) is 0.882. The minimum atomic E-state index is -0.0129. The van der Waals surface area contributed by atoms with E-state index in [1.165, 1.54) is 39.0 Å². The summed E-state index contributed by atoms with van der Waals surface area (Å²) in [5.41, 5.74) is 6.35. The molecule has 3 rings (SSSR count). The van der Waals surface area contributed by atoms with Gasteiger partial charge in [-0.05, 0) is 24.0 Å². The number of amidine groups is 1. The number of hydrazone groups is 1. The Morgan fingerprint density at radius 3 is 2.67 bits per heavy atom. The monoisotopic (exact) mass is 344 g/mol. The fraction of sp³-hybridized carbons (Fsp3) is 0.500. The summed E-state index contributed by atoms with van der Waals surface area (Å²) in [4.78, 5) is 15.8. The molecular weight excluding hydrogens is 320 g/mol. The van der Waals surface area contributed by atoms with Crippen molar-refractivity contribution in [3.05, 3.63) is 35.4 Å². The number of nitrogens with one attached hydrogen (secondary N) is 2. The number of aliphatic imine (C=N–C) groups is 1. The van der Waals surface area contributed by atoms with Crippen molar-refractivity contribution in [2.75, 3.05) is 5.75 Å². The van der Waals surface area contributed by atoms with Crippen LogP contribution in [0.4, 0.5) is 0 Å². The van der Waals surface area contributed by atoms with Crippen LogP contribution in [0.3, 0.4) is 0 Å². The molecule has 1 heterocycles. The molecule has 5 nitrogen and oxygen atoms in total. The average molecular weight is 344 g/mol. The van der Waals surface area contributed by atoms with E-state index in [4.69, 9.17) is 4.99 Å². The third kappa shape index (κ3) is 4.84. The highest BCUT2D eigenvalue weighted by molar-refractivity contribution is 8.14. The minimum Gasteiger partial charge on any atom is -0.352 e. The minimum absolute atomic E-state index is 0.0129. The number of hydrogen-bond acceptors (Lipinski definition) is 4. The number of amides is 1. The molecule has 1 amide bonds. The molecule has 2 aliphatic rings. The first kappa shape index (κ1) is 17.0. The predicted molar refractivity (Wildman–Crippen MR) is 100 cm³/mol. The van der Waals surface area contributed by atoms with Gasteiger partial charge in [-0.15, -0.1) is 0 Å². The van der Waals surface area contributed by atoms with Crippen molar-refractivity contribution in [3.63, 3.8) is 0 Å². The van der Waals surface area contributed by atoms with E-state index < -0.39 is 0 Å². The Hall–Kier alpha value is -1.82. The number of benzene rings is 1. The Labute approximate surface area is 147 Å². The van der Waals surface area contributed by atoms with Crippen LogP contribution in [0.15, 0.2) is 34.4 Å². The van der Waals surface area contributed by atoms with E-state index in [9.17, 15) is 4.79 Å². The molecule has 1 fully saturated rings. The normalized spacial score (nSPS) is 20.4. The predicted octanol–water partition coefficient (Wildman–Crippen LogP) is 3.05. The van der Waals surface area contributed by atoms with Crippen LogP contribution in [-0.4, -0.2) is 28.6 Å². The first-order chi connectivity index (χ1) is 11.7. The molecule has 6 heteroatoms. The molecule has 0 unspecified atom stereocenters. The molecule has 0 bridgehead atoms. The molecule has 0 aromatic heterocycles. The smallest absolute Gasteiger partial charge is 0.217 e. The van der Waals surface area contributed by atoms with Gasteiger partial charge in [0, 0.05) is 19.2 Å². The Bertz CT molecular complexity index is 633. The number of rotatable bonds is 4. The molecule has 1 aliphatic heterocycles. The Morgan fingerprint density at radius 2 is 2.04 bits per heavy atom. The van der Waals surface area contributed by atoms with Gasteiger partial charge in [0.2, 0.25) is 5.91 Å². The topological polar surface area (TPSA) is 65.8 Å². The standard InChI is InChI=1S/C18H24N4OS/c1-13(23)19-11-14-7-9-15(10-8-14)17-12-24-18(22-21-17)20-16-5-3-2-4-6-16/h7-10,16H,2-6,11-12H2,1H3,(H,19,23)(H,20,22). The van der Waals surface area contributed by atoms with Gasteiger partial charge in [-0.25, -0.2) is 0 Å². The van der Waals surface area contributed by atoms with E-state index in [1.54, 1.807) is 11.8 Å². The van der Waals surface area contributed by atoms with E-state index in [-0.39, 0.29) is 5.91 Å². The van der Waals surface area contributed by atoms with Gasteiger partial charge >= 0.3 is 0 Å². The largest absolute Gasteiger partial charge is 0.352 e. The lowest BCUT2D eigenvalue weighted by Gasteiger charge is -2.21. The summed E-state index contributed by atoms with van der Waals surface area (Å²) in [5, 5.41) is 8.25. The molecule has 0 radical (unpaired) electrons. The summed E-state index contributed by atoms with van der Waals surface area (Å²) < 4.78 is 0. The van der Waals surface area contributed by atoms with Crippen LogP contribution in [0.25, 0.3) is 0 Å². The van der Waals surface area contributed by atoms with Crippen LogP contribution in [-0.2, 0) is 11.3 Å². The number of hydrogen-bond donors (Lipinski definition) is 2. The fourth-order valence-corrected chi connectivity index (χ4v) is 3.79. The third-order valence-electron chi connectivity index (χ3n) is 4.34. The molecule has 1 aromatic rings. The van der Waals surface area contributed by atoms with E-state index in [1.807, 2.05) is 12.1 Å². The van der Waals surface area contributed by atoms with Crippen molar-refractivity contribution in [1.29, 1.82) is 0 Å². The van der Waals surface area contributed by atoms with Gasteiger partial charge in [0.15, 0.2) is 5.17 Å². The van der Waals surface area contributed by atoms with Crippen LogP contribution in [0.2, 0.25) is 0 Å². The molecule has 2 N–H and O–H groups in total. The first-order valence-corrected chi connectivity index (χ1v) is 9.56. The maximum atomic E-state index is 11.0. The molecular formula is C18H24N4OS. The summed E-state index contributed by atoms with van der Waals surface area (Å²) in [6.45, 7) is 2.09. The van der Waals surface area contributed by atoms with Gasteiger partial charge in [0.25, 0.3) is 0 Å². The van der Waals surface area contributed by atoms with Crippen molar-refractivity contribution in [2.24, 2.45) is 10.1 Å². The second-order valence-electron chi connectivity index (χ2n) is 6.29. The average Bonchev–Trinajstić information content (AvgIpc) is 2.62. The summed E-state index contributed by atoms with van der Waals surface area (Å²) in [6, 6.07) is 8.65. The Morgan fingerprint density at radius 1 is 1.29 bits per heavy atom. The van der Waals surface area contributed by atoms with E-state index >= 15 is 0 Å². The lowest BCUT2D eigenvalue weighted by molar-refractivity contribution is -0.119. The Kier molecular flexibility index (Phi) is 5.91. The molecule has 1 aromatic carbocycles. The molecule has 24 heavy (non-hydrogen) atoms. The zero-order valence-electron chi connectivity index (χ0n) is 14.0. The molecule has 1 saturated carbocycles. The van der Waals surface area contributed by atoms with Crippen LogP contribution >= 0.6 is 11.8 Å².